The van der Waals surface area contributed by atoms with Crippen LogP contribution in [0.15, 0.2) is 12.4 Å². The Morgan fingerprint density at radius 3 is 2.82 bits per heavy atom. The maximum Gasteiger partial charge on any atom is 0.272 e. The van der Waals surface area contributed by atoms with Crippen LogP contribution in [-0.2, 0) is 4.74 Å². The highest BCUT2D eigenvalue weighted by Gasteiger charge is 2.36. The van der Waals surface area contributed by atoms with Crippen molar-refractivity contribution in [3.63, 3.8) is 0 Å². The molecule has 2 unspecified atom stereocenters. The maximum absolute atomic E-state index is 13.1. The molecule has 28 heavy (non-hydrogen) atoms. The standard InChI is InChI=1S/C19H30N6O3/c1-13(2)17-7-16(22-19-20-12-21-25(17)19)18(27)24-9-14(15(10-24)11-26)8-23(3)5-6-28-4/h7,12-15,26H,5-6,8-11H2,1-4H3. The Bertz CT molecular complexity index is 808. The SMILES string of the molecule is COCCN(C)CC1CN(C(=O)c2cc(C(C)C)n3ncnc3n2)CC1CO. The normalized spacial score (nSPS) is 20.0. The number of carbonyl (C=O) groups excluding carboxylic acids is 1. The lowest BCUT2D eigenvalue weighted by Crippen LogP contribution is -2.34. The summed E-state index contributed by atoms with van der Waals surface area (Å²) in [6.45, 7) is 7.61. The van der Waals surface area contributed by atoms with E-state index in [1.54, 1.807) is 22.6 Å². The summed E-state index contributed by atoms with van der Waals surface area (Å²) in [6, 6.07) is 1.81. The molecule has 9 nitrogen and oxygen atoms in total. The monoisotopic (exact) mass is 390 g/mol. The molecule has 2 aromatic heterocycles. The summed E-state index contributed by atoms with van der Waals surface area (Å²) >= 11 is 0. The fourth-order valence-electron chi connectivity index (χ4n) is 3.77. The molecule has 1 aliphatic heterocycles. The number of rotatable bonds is 8. The fourth-order valence-corrected chi connectivity index (χ4v) is 3.77. The zero-order valence-corrected chi connectivity index (χ0v) is 17.1. The minimum absolute atomic E-state index is 0.0651. The zero-order valence-electron chi connectivity index (χ0n) is 17.1. The van der Waals surface area contributed by atoms with Crippen molar-refractivity contribution in [2.75, 3.05) is 53.6 Å². The average Bonchev–Trinajstić information content (AvgIpc) is 3.31. The summed E-state index contributed by atoms with van der Waals surface area (Å²) in [7, 11) is 3.72. The summed E-state index contributed by atoms with van der Waals surface area (Å²) in [5.74, 6) is 0.786. The molecule has 0 radical (unpaired) electrons. The quantitative estimate of drug-likeness (QED) is 0.701. The van der Waals surface area contributed by atoms with Gasteiger partial charge in [0.2, 0.25) is 0 Å². The molecule has 1 N–H and O–H groups in total. The van der Waals surface area contributed by atoms with Gasteiger partial charge in [-0.05, 0) is 24.9 Å². The van der Waals surface area contributed by atoms with E-state index in [1.165, 1.54) is 6.33 Å². The molecule has 1 aliphatic rings. The molecule has 154 valence electrons. The van der Waals surface area contributed by atoms with Crippen LogP contribution in [0.3, 0.4) is 0 Å². The number of likely N-dealkylation sites (tertiary alicyclic amines) is 1. The molecular weight excluding hydrogens is 360 g/mol. The molecule has 1 fully saturated rings. The van der Waals surface area contributed by atoms with Gasteiger partial charge in [-0.15, -0.1) is 0 Å². The van der Waals surface area contributed by atoms with Crippen molar-refractivity contribution < 1.29 is 14.6 Å². The third kappa shape index (κ3) is 4.31. The molecule has 0 aliphatic carbocycles. The van der Waals surface area contributed by atoms with E-state index in [-0.39, 0.29) is 30.3 Å². The van der Waals surface area contributed by atoms with E-state index < -0.39 is 0 Å². The van der Waals surface area contributed by atoms with E-state index >= 15 is 0 Å². The predicted molar refractivity (Wildman–Crippen MR) is 104 cm³/mol. The first kappa shape index (κ1) is 20.6. The lowest BCUT2D eigenvalue weighted by atomic mass is 9.96. The smallest absolute Gasteiger partial charge is 0.272 e. The highest BCUT2D eigenvalue weighted by molar-refractivity contribution is 5.93. The van der Waals surface area contributed by atoms with E-state index in [9.17, 15) is 9.90 Å². The summed E-state index contributed by atoms with van der Waals surface area (Å²) in [4.78, 5) is 25.7. The zero-order chi connectivity index (χ0) is 20.3. The molecule has 0 saturated carbocycles. The number of likely N-dealkylation sites (N-methyl/N-ethyl adjacent to an activating group) is 1. The summed E-state index contributed by atoms with van der Waals surface area (Å²) in [5.41, 5.74) is 1.29. The van der Waals surface area contributed by atoms with Gasteiger partial charge < -0.3 is 19.6 Å². The number of amides is 1. The molecule has 0 spiro atoms. The topological polar surface area (TPSA) is 96.1 Å². The van der Waals surface area contributed by atoms with Crippen LogP contribution in [0.5, 0.6) is 0 Å². The van der Waals surface area contributed by atoms with Crippen molar-refractivity contribution in [1.82, 2.24) is 29.4 Å². The Labute approximate surface area is 165 Å². The molecular formula is C19H30N6O3. The Hall–Kier alpha value is -2.10. The number of hydrogen-bond acceptors (Lipinski definition) is 7. The van der Waals surface area contributed by atoms with Gasteiger partial charge in [0.1, 0.15) is 12.0 Å². The highest BCUT2D eigenvalue weighted by atomic mass is 16.5. The van der Waals surface area contributed by atoms with Crippen LogP contribution in [0, 0.1) is 11.8 Å². The number of aliphatic hydroxyl groups excluding tert-OH is 1. The molecule has 9 heteroatoms. The molecule has 2 atom stereocenters. The van der Waals surface area contributed by atoms with Gasteiger partial charge in [0, 0.05) is 45.8 Å². The number of carbonyl (C=O) groups is 1. The van der Waals surface area contributed by atoms with Gasteiger partial charge in [0.05, 0.1) is 12.3 Å². The number of aliphatic hydroxyl groups is 1. The molecule has 0 aromatic carbocycles. The second-order valence-corrected chi connectivity index (χ2v) is 7.86. The van der Waals surface area contributed by atoms with E-state index in [4.69, 9.17) is 4.74 Å². The second-order valence-electron chi connectivity index (χ2n) is 7.86. The summed E-state index contributed by atoms with van der Waals surface area (Å²) in [5, 5.41) is 14.0. The van der Waals surface area contributed by atoms with Crippen molar-refractivity contribution in [3.8, 4) is 0 Å². The van der Waals surface area contributed by atoms with Crippen LogP contribution in [0.4, 0.5) is 0 Å². The Balaban J connectivity index is 1.76. The minimum atomic E-state index is -0.118. The highest BCUT2D eigenvalue weighted by Crippen LogP contribution is 2.26. The van der Waals surface area contributed by atoms with E-state index in [0.717, 1.165) is 18.8 Å². The minimum Gasteiger partial charge on any atom is -0.396 e. The average molecular weight is 390 g/mol. The van der Waals surface area contributed by atoms with Crippen LogP contribution < -0.4 is 0 Å². The van der Waals surface area contributed by atoms with Crippen LogP contribution in [0.25, 0.3) is 5.78 Å². The number of fused-ring (bicyclic) bond motifs is 1. The first-order chi connectivity index (χ1) is 13.4. The molecule has 1 saturated heterocycles. The van der Waals surface area contributed by atoms with Gasteiger partial charge in [-0.3, -0.25) is 4.79 Å². The molecule has 1 amide bonds. The lowest BCUT2D eigenvalue weighted by molar-refractivity contribution is 0.0772. The third-order valence-corrected chi connectivity index (χ3v) is 5.41. The second kappa shape index (κ2) is 8.93. The Morgan fingerprint density at radius 1 is 1.39 bits per heavy atom. The third-order valence-electron chi connectivity index (χ3n) is 5.41. The lowest BCUT2D eigenvalue weighted by Gasteiger charge is -2.23. The number of aromatic nitrogens is 4. The van der Waals surface area contributed by atoms with E-state index in [0.29, 0.717) is 31.2 Å². The number of hydrogen-bond donors (Lipinski definition) is 1. The van der Waals surface area contributed by atoms with Gasteiger partial charge in [-0.1, -0.05) is 13.8 Å². The molecule has 3 rings (SSSR count). The Morgan fingerprint density at radius 2 is 2.14 bits per heavy atom. The Kier molecular flexibility index (Phi) is 6.58. The van der Waals surface area contributed by atoms with Crippen molar-refractivity contribution >= 4 is 11.7 Å². The fraction of sp³-hybridized carbons (Fsp3) is 0.684. The summed E-state index contributed by atoms with van der Waals surface area (Å²) < 4.78 is 6.81. The van der Waals surface area contributed by atoms with Crippen molar-refractivity contribution in [3.05, 3.63) is 23.8 Å². The van der Waals surface area contributed by atoms with Crippen LogP contribution in [0.2, 0.25) is 0 Å². The van der Waals surface area contributed by atoms with Crippen LogP contribution in [-0.4, -0.2) is 93.9 Å². The number of methoxy groups -OCH3 is 1. The number of nitrogens with zero attached hydrogens (tertiary/aromatic N) is 6. The molecule has 0 bridgehead atoms. The van der Waals surface area contributed by atoms with E-state index in [1.807, 2.05) is 20.9 Å². The van der Waals surface area contributed by atoms with E-state index in [2.05, 4.69) is 20.0 Å². The first-order valence-corrected chi connectivity index (χ1v) is 9.72. The van der Waals surface area contributed by atoms with Gasteiger partial charge in [0.15, 0.2) is 0 Å². The summed E-state index contributed by atoms with van der Waals surface area (Å²) in [6.07, 6.45) is 1.45. The maximum atomic E-state index is 13.1. The van der Waals surface area contributed by atoms with Gasteiger partial charge in [-0.25, -0.2) is 9.50 Å². The predicted octanol–water partition coefficient (Wildman–Crippen LogP) is 0.506. The van der Waals surface area contributed by atoms with Gasteiger partial charge in [0.25, 0.3) is 11.7 Å². The van der Waals surface area contributed by atoms with Crippen molar-refractivity contribution in [1.29, 1.82) is 0 Å². The van der Waals surface area contributed by atoms with Gasteiger partial charge in [-0.2, -0.15) is 10.1 Å². The van der Waals surface area contributed by atoms with Crippen molar-refractivity contribution in [2.45, 2.75) is 19.8 Å². The largest absolute Gasteiger partial charge is 0.396 e. The molecule has 3 heterocycles. The molecule has 2 aromatic rings. The van der Waals surface area contributed by atoms with Gasteiger partial charge >= 0.3 is 0 Å². The van der Waals surface area contributed by atoms with Crippen molar-refractivity contribution in [2.24, 2.45) is 11.8 Å². The van der Waals surface area contributed by atoms with Crippen LogP contribution >= 0.6 is 0 Å². The number of ether oxygens (including phenoxy) is 1. The van der Waals surface area contributed by atoms with Crippen LogP contribution in [0.1, 0.15) is 35.9 Å². The first-order valence-electron chi connectivity index (χ1n) is 9.72.